The molecule has 1 saturated heterocycles. The third-order valence-corrected chi connectivity index (χ3v) is 6.54. The van der Waals surface area contributed by atoms with Crippen LogP contribution in [0.25, 0.3) is 0 Å². The Labute approximate surface area is 197 Å². The van der Waals surface area contributed by atoms with E-state index in [2.05, 4.69) is 38.0 Å². The second kappa shape index (κ2) is 9.80. The fourth-order valence-electron chi connectivity index (χ4n) is 3.63. The number of anilines is 4. The Hall–Kier alpha value is -3.11. The molecule has 10 heteroatoms. The van der Waals surface area contributed by atoms with Crippen LogP contribution in [-0.2, 0) is 11.2 Å². The number of aryl methyl sites for hydroxylation is 1. The molecule has 9 nitrogen and oxygen atoms in total. The maximum atomic E-state index is 12.0. The normalized spacial score (nSPS) is 16.0. The van der Waals surface area contributed by atoms with Crippen molar-refractivity contribution in [2.75, 3.05) is 41.7 Å². The van der Waals surface area contributed by atoms with Crippen LogP contribution >= 0.6 is 11.8 Å². The third-order valence-electron chi connectivity index (χ3n) is 5.67. The second-order valence-electron chi connectivity index (χ2n) is 8.27. The minimum Gasteiger partial charge on any atom is -0.354 e. The highest BCUT2D eigenvalue weighted by atomic mass is 32.2. The zero-order chi connectivity index (χ0) is 22.6. The average Bonchev–Trinajstić information content (AvgIpc) is 3.60. The summed E-state index contributed by atoms with van der Waals surface area (Å²) in [4.78, 5) is 24.8. The largest absolute Gasteiger partial charge is 0.354 e. The molecular formula is C23H28N8OS. The molecule has 2 fully saturated rings. The van der Waals surface area contributed by atoms with Crippen LogP contribution < -0.4 is 20.9 Å². The number of hydrogen-bond acceptors (Lipinski definition) is 8. The van der Waals surface area contributed by atoms with E-state index in [4.69, 9.17) is 9.97 Å². The van der Waals surface area contributed by atoms with Crippen molar-refractivity contribution in [1.82, 2.24) is 25.5 Å². The molecule has 0 atom stereocenters. The molecule has 5 rings (SSSR count). The first-order valence-electron chi connectivity index (χ1n) is 11.4. The lowest BCUT2D eigenvalue weighted by Crippen LogP contribution is -2.44. The minimum absolute atomic E-state index is 0.114. The number of carbonyl (C=O) groups excluding carboxylic acids is 1. The quantitative estimate of drug-likeness (QED) is 0.375. The summed E-state index contributed by atoms with van der Waals surface area (Å²) in [6, 6.07) is 11.8. The summed E-state index contributed by atoms with van der Waals surface area (Å²) in [5.41, 5.74) is 1.82. The van der Waals surface area contributed by atoms with E-state index in [1.165, 1.54) is 11.8 Å². The van der Waals surface area contributed by atoms with E-state index in [9.17, 15) is 4.79 Å². The van der Waals surface area contributed by atoms with Gasteiger partial charge in [0.25, 0.3) is 0 Å². The zero-order valence-electron chi connectivity index (χ0n) is 18.6. The van der Waals surface area contributed by atoms with Gasteiger partial charge in [-0.1, -0.05) is 6.92 Å². The molecule has 2 aliphatic rings. The first-order valence-corrected chi connectivity index (χ1v) is 12.2. The molecular weight excluding hydrogens is 436 g/mol. The van der Waals surface area contributed by atoms with Gasteiger partial charge in [-0.3, -0.25) is 9.89 Å². The van der Waals surface area contributed by atoms with Crippen molar-refractivity contribution in [2.45, 2.75) is 36.2 Å². The lowest BCUT2D eigenvalue weighted by Gasteiger charge is -2.28. The molecule has 3 heterocycles. The standard InChI is InChI=1S/C23H28N8OS/c1-2-16-13-20(30-29-16)26-19-14-21(31-11-9-24-10-12-31)28-23(27-19)33-18-7-5-17(6-8-18)25-22(32)15-3-4-15/h5-8,13-15,24H,2-4,9-12H2,1H3,(H,25,32)(H2,26,27,28,29,30). The maximum Gasteiger partial charge on any atom is 0.227 e. The van der Waals surface area contributed by atoms with Crippen molar-refractivity contribution in [2.24, 2.45) is 5.92 Å². The Morgan fingerprint density at radius 2 is 1.94 bits per heavy atom. The van der Waals surface area contributed by atoms with Crippen LogP contribution in [-0.4, -0.2) is 52.3 Å². The highest BCUT2D eigenvalue weighted by molar-refractivity contribution is 7.99. The Morgan fingerprint density at radius 1 is 1.15 bits per heavy atom. The minimum atomic E-state index is 0.114. The first-order chi connectivity index (χ1) is 16.2. The van der Waals surface area contributed by atoms with Gasteiger partial charge in [-0.25, -0.2) is 9.97 Å². The number of rotatable bonds is 8. The molecule has 3 aromatic rings. The van der Waals surface area contributed by atoms with Gasteiger partial charge in [0, 0.05) is 54.8 Å². The molecule has 172 valence electrons. The molecule has 4 N–H and O–H groups in total. The van der Waals surface area contributed by atoms with Gasteiger partial charge in [0.1, 0.15) is 17.5 Å². The number of piperazine rings is 1. The summed E-state index contributed by atoms with van der Waals surface area (Å²) in [6.07, 6.45) is 2.86. The van der Waals surface area contributed by atoms with Crippen LogP contribution in [0, 0.1) is 5.92 Å². The van der Waals surface area contributed by atoms with Crippen molar-refractivity contribution < 1.29 is 4.79 Å². The van der Waals surface area contributed by atoms with Crippen LogP contribution in [0.5, 0.6) is 0 Å². The summed E-state index contributed by atoms with van der Waals surface area (Å²) < 4.78 is 0. The topological polar surface area (TPSA) is 111 Å². The lowest BCUT2D eigenvalue weighted by atomic mass is 10.3. The molecule has 1 saturated carbocycles. The smallest absolute Gasteiger partial charge is 0.227 e. The van der Waals surface area contributed by atoms with Gasteiger partial charge in [0.05, 0.1) is 5.69 Å². The van der Waals surface area contributed by atoms with E-state index in [0.717, 1.165) is 79.2 Å². The molecule has 1 amide bonds. The number of aromatic nitrogens is 4. The van der Waals surface area contributed by atoms with E-state index < -0.39 is 0 Å². The van der Waals surface area contributed by atoms with Gasteiger partial charge < -0.3 is 20.9 Å². The predicted molar refractivity (Wildman–Crippen MR) is 130 cm³/mol. The van der Waals surface area contributed by atoms with Gasteiger partial charge in [0.2, 0.25) is 5.91 Å². The van der Waals surface area contributed by atoms with Crippen molar-refractivity contribution in [1.29, 1.82) is 0 Å². The fourth-order valence-corrected chi connectivity index (χ4v) is 4.39. The van der Waals surface area contributed by atoms with Gasteiger partial charge in [-0.05, 0) is 55.3 Å². The fraction of sp³-hybridized carbons (Fsp3) is 0.391. The number of nitrogens with one attached hydrogen (secondary N) is 4. The number of aromatic amines is 1. The van der Waals surface area contributed by atoms with E-state index in [0.29, 0.717) is 5.16 Å². The molecule has 2 aromatic heterocycles. The van der Waals surface area contributed by atoms with E-state index >= 15 is 0 Å². The number of H-pyrrole nitrogens is 1. The number of carbonyl (C=O) groups is 1. The predicted octanol–water partition coefficient (Wildman–Crippen LogP) is 3.42. The summed E-state index contributed by atoms with van der Waals surface area (Å²) in [5, 5.41) is 17.7. The summed E-state index contributed by atoms with van der Waals surface area (Å²) >= 11 is 1.50. The number of amides is 1. The highest BCUT2D eigenvalue weighted by Crippen LogP contribution is 2.32. The van der Waals surface area contributed by atoms with Crippen molar-refractivity contribution in [3.63, 3.8) is 0 Å². The molecule has 1 aliphatic carbocycles. The van der Waals surface area contributed by atoms with Gasteiger partial charge in [0.15, 0.2) is 5.16 Å². The Morgan fingerprint density at radius 3 is 2.64 bits per heavy atom. The Kier molecular flexibility index (Phi) is 6.45. The molecule has 1 aliphatic heterocycles. The molecule has 0 bridgehead atoms. The molecule has 33 heavy (non-hydrogen) atoms. The van der Waals surface area contributed by atoms with Gasteiger partial charge >= 0.3 is 0 Å². The van der Waals surface area contributed by atoms with Crippen LogP contribution in [0.4, 0.5) is 23.1 Å². The number of nitrogens with zero attached hydrogens (tertiary/aromatic N) is 4. The van der Waals surface area contributed by atoms with Crippen LogP contribution in [0.1, 0.15) is 25.5 Å². The van der Waals surface area contributed by atoms with Crippen molar-refractivity contribution in [3.05, 3.63) is 42.1 Å². The Bertz CT molecular complexity index is 1110. The van der Waals surface area contributed by atoms with Crippen LogP contribution in [0.15, 0.2) is 46.5 Å². The number of benzene rings is 1. The first kappa shape index (κ1) is 21.7. The van der Waals surface area contributed by atoms with Gasteiger partial charge in [-0.15, -0.1) is 0 Å². The van der Waals surface area contributed by atoms with E-state index in [-0.39, 0.29) is 11.8 Å². The van der Waals surface area contributed by atoms with E-state index in [1.54, 1.807) is 0 Å². The van der Waals surface area contributed by atoms with Crippen molar-refractivity contribution in [3.8, 4) is 0 Å². The summed E-state index contributed by atoms with van der Waals surface area (Å²) in [7, 11) is 0. The maximum absolute atomic E-state index is 12.0. The second-order valence-corrected chi connectivity index (χ2v) is 9.31. The zero-order valence-corrected chi connectivity index (χ0v) is 19.4. The third kappa shape index (κ3) is 5.63. The molecule has 0 spiro atoms. The monoisotopic (exact) mass is 464 g/mol. The van der Waals surface area contributed by atoms with Crippen LogP contribution in [0.2, 0.25) is 0 Å². The SMILES string of the molecule is CCc1cc(Nc2cc(N3CCNCC3)nc(Sc3ccc(NC(=O)C4CC4)cc3)n2)[nH]n1. The number of hydrogen-bond donors (Lipinski definition) is 4. The van der Waals surface area contributed by atoms with Gasteiger partial charge in [-0.2, -0.15) is 5.10 Å². The molecule has 0 radical (unpaired) electrons. The molecule has 0 unspecified atom stereocenters. The average molecular weight is 465 g/mol. The van der Waals surface area contributed by atoms with Crippen LogP contribution in [0.3, 0.4) is 0 Å². The molecule has 1 aromatic carbocycles. The van der Waals surface area contributed by atoms with E-state index in [1.807, 2.05) is 36.4 Å². The van der Waals surface area contributed by atoms with Crippen molar-refractivity contribution >= 4 is 40.8 Å². The summed E-state index contributed by atoms with van der Waals surface area (Å²) in [5.74, 6) is 2.74. The highest BCUT2D eigenvalue weighted by Gasteiger charge is 2.29. The Balaban J connectivity index is 1.35. The summed E-state index contributed by atoms with van der Waals surface area (Å²) in [6.45, 7) is 5.75. The lowest BCUT2D eigenvalue weighted by molar-refractivity contribution is -0.117.